The zero-order valence-corrected chi connectivity index (χ0v) is 16.0. The molecule has 5 heteroatoms. The number of benzene rings is 2. The SMILES string of the molecule is COc1ccc(C(=O)N2Cc3cc(OC)c(OC)cc3CC2(C)C)cc1. The van der Waals surface area contributed by atoms with Crippen molar-refractivity contribution in [2.24, 2.45) is 0 Å². The fourth-order valence-corrected chi connectivity index (χ4v) is 3.46. The normalized spacial score (nSPS) is 15.2. The largest absolute Gasteiger partial charge is 0.497 e. The number of nitrogens with zero attached hydrogens (tertiary/aromatic N) is 1. The second-order valence-electron chi connectivity index (χ2n) is 7.08. The van der Waals surface area contributed by atoms with Crippen molar-refractivity contribution in [3.63, 3.8) is 0 Å². The summed E-state index contributed by atoms with van der Waals surface area (Å²) < 4.78 is 16.0. The van der Waals surface area contributed by atoms with Gasteiger partial charge in [0.05, 0.1) is 21.3 Å². The van der Waals surface area contributed by atoms with Gasteiger partial charge in [0.25, 0.3) is 5.91 Å². The third kappa shape index (κ3) is 3.21. The Hall–Kier alpha value is -2.69. The van der Waals surface area contributed by atoms with Crippen molar-refractivity contribution in [3.8, 4) is 17.2 Å². The Kier molecular flexibility index (Phi) is 4.81. The minimum absolute atomic E-state index is 0.0121. The molecule has 1 amide bonds. The van der Waals surface area contributed by atoms with Crippen molar-refractivity contribution in [2.75, 3.05) is 21.3 Å². The van der Waals surface area contributed by atoms with Crippen molar-refractivity contribution >= 4 is 5.91 Å². The monoisotopic (exact) mass is 355 g/mol. The first-order valence-electron chi connectivity index (χ1n) is 8.59. The van der Waals surface area contributed by atoms with Gasteiger partial charge in [-0.25, -0.2) is 0 Å². The number of hydrogen-bond acceptors (Lipinski definition) is 4. The molecule has 0 N–H and O–H groups in total. The second kappa shape index (κ2) is 6.90. The lowest BCUT2D eigenvalue weighted by Gasteiger charge is -2.43. The molecule has 0 aromatic heterocycles. The molecule has 2 aromatic rings. The summed E-state index contributed by atoms with van der Waals surface area (Å²) in [5.41, 5.74) is 2.63. The fourth-order valence-electron chi connectivity index (χ4n) is 3.46. The number of amides is 1. The van der Waals surface area contributed by atoms with E-state index in [0.29, 0.717) is 17.9 Å². The molecule has 0 fully saturated rings. The van der Waals surface area contributed by atoms with E-state index in [1.165, 1.54) is 5.56 Å². The summed E-state index contributed by atoms with van der Waals surface area (Å²) in [7, 11) is 4.87. The third-order valence-electron chi connectivity index (χ3n) is 4.97. The number of carbonyl (C=O) groups is 1. The van der Waals surface area contributed by atoms with Gasteiger partial charge >= 0.3 is 0 Å². The molecule has 0 spiro atoms. The molecule has 26 heavy (non-hydrogen) atoms. The second-order valence-corrected chi connectivity index (χ2v) is 7.08. The molecule has 0 bridgehead atoms. The average Bonchev–Trinajstić information content (AvgIpc) is 2.65. The van der Waals surface area contributed by atoms with Crippen molar-refractivity contribution in [2.45, 2.75) is 32.4 Å². The summed E-state index contributed by atoms with van der Waals surface area (Å²) >= 11 is 0. The van der Waals surface area contributed by atoms with E-state index >= 15 is 0 Å². The van der Waals surface area contributed by atoms with E-state index in [2.05, 4.69) is 13.8 Å². The maximum Gasteiger partial charge on any atom is 0.254 e. The number of ether oxygens (including phenoxy) is 3. The molecule has 1 aliphatic heterocycles. The molecule has 0 saturated heterocycles. The van der Waals surface area contributed by atoms with Gasteiger partial charge in [-0.2, -0.15) is 0 Å². The lowest BCUT2D eigenvalue weighted by Crippen LogP contribution is -2.51. The maximum absolute atomic E-state index is 13.1. The number of rotatable bonds is 4. The van der Waals surface area contributed by atoms with E-state index in [1.54, 1.807) is 33.5 Å². The van der Waals surface area contributed by atoms with Gasteiger partial charge < -0.3 is 19.1 Å². The molecule has 0 radical (unpaired) electrons. The van der Waals surface area contributed by atoms with Crippen molar-refractivity contribution in [1.29, 1.82) is 0 Å². The van der Waals surface area contributed by atoms with Crippen LogP contribution in [0.2, 0.25) is 0 Å². The molecule has 3 rings (SSSR count). The zero-order valence-electron chi connectivity index (χ0n) is 16.0. The van der Waals surface area contributed by atoms with Crippen LogP contribution in [0.1, 0.15) is 35.3 Å². The lowest BCUT2D eigenvalue weighted by atomic mass is 9.84. The highest BCUT2D eigenvalue weighted by atomic mass is 16.5. The van der Waals surface area contributed by atoms with Crippen LogP contribution in [0.25, 0.3) is 0 Å². The Morgan fingerprint density at radius 3 is 2.04 bits per heavy atom. The molecule has 0 unspecified atom stereocenters. The first-order chi connectivity index (χ1) is 12.4. The van der Waals surface area contributed by atoms with Crippen molar-refractivity contribution in [1.82, 2.24) is 4.90 Å². The predicted octanol–water partition coefficient (Wildman–Crippen LogP) is 3.69. The van der Waals surface area contributed by atoms with E-state index in [9.17, 15) is 4.79 Å². The Balaban J connectivity index is 1.95. The van der Waals surface area contributed by atoms with E-state index in [0.717, 1.165) is 23.5 Å². The molecular formula is C21H25NO4. The van der Waals surface area contributed by atoms with Crippen LogP contribution in [0.5, 0.6) is 17.2 Å². The summed E-state index contributed by atoms with van der Waals surface area (Å²) in [6.45, 7) is 4.72. The third-order valence-corrected chi connectivity index (χ3v) is 4.97. The van der Waals surface area contributed by atoms with E-state index in [-0.39, 0.29) is 11.4 Å². The standard InChI is InChI=1S/C21H25NO4/c1-21(2)12-15-10-18(25-4)19(26-5)11-16(15)13-22(21)20(23)14-6-8-17(24-3)9-7-14/h6-11H,12-13H2,1-5H3. The van der Waals surface area contributed by atoms with Gasteiger partial charge in [0.2, 0.25) is 0 Å². The Morgan fingerprint density at radius 1 is 0.923 bits per heavy atom. The molecular weight excluding hydrogens is 330 g/mol. The minimum Gasteiger partial charge on any atom is -0.497 e. The van der Waals surface area contributed by atoms with Crippen LogP contribution in [-0.2, 0) is 13.0 Å². The van der Waals surface area contributed by atoms with Crippen LogP contribution in [0.4, 0.5) is 0 Å². The molecule has 1 heterocycles. The van der Waals surface area contributed by atoms with Crippen LogP contribution in [0.3, 0.4) is 0 Å². The number of fused-ring (bicyclic) bond motifs is 1. The van der Waals surface area contributed by atoms with Gasteiger partial charge in [-0.1, -0.05) is 0 Å². The number of carbonyl (C=O) groups excluding carboxylic acids is 1. The van der Waals surface area contributed by atoms with Crippen LogP contribution < -0.4 is 14.2 Å². The highest BCUT2D eigenvalue weighted by molar-refractivity contribution is 5.95. The van der Waals surface area contributed by atoms with Gasteiger partial charge in [-0.3, -0.25) is 4.79 Å². The van der Waals surface area contributed by atoms with E-state index in [1.807, 2.05) is 29.2 Å². The van der Waals surface area contributed by atoms with Crippen LogP contribution in [0, 0.1) is 0 Å². The summed E-state index contributed by atoms with van der Waals surface area (Å²) in [5.74, 6) is 2.15. The first kappa shape index (κ1) is 18.1. The molecule has 0 saturated carbocycles. The molecule has 2 aromatic carbocycles. The van der Waals surface area contributed by atoms with Crippen LogP contribution in [0.15, 0.2) is 36.4 Å². The topological polar surface area (TPSA) is 48.0 Å². The highest BCUT2D eigenvalue weighted by Gasteiger charge is 2.37. The van der Waals surface area contributed by atoms with Gasteiger partial charge in [0.15, 0.2) is 11.5 Å². The summed E-state index contributed by atoms with van der Waals surface area (Å²) in [5, 5.41) is 0. The van der Waals surface area contributed by atoms with E-state index in [4.69, 9.17) is 14.2 Å². The predicted molar refractivity (Wildman–Crippen MR) is 100 cm³/mol. The van der Waals surface area contributed by atoms with Gasteiger partial charge in [-0.15, -0.1) is 0 Å². The number of methoxy groups -OCH3 is 3. The van der Waals surface area contributed by atoms with Gasteiger partial charge in [0, 0.05) is 17.6 Å². The maximum atomic E-state index is 13.1. The Bertz CT molecular complexity index is 812. The van der Waals surface area contributed by atoms with E-state index < -0.39 is 0 Å². The number of hydrogen-bond donors (Lipinski definition) is 0. The quantitative estimate of drug-likeness (QED) is 0.839. The molecule has 0 aliphatic carbocycles. The average molecular weight is 355 g/mol. The van der Waals surface area contributed by atoms with Gasteiger partial charge in [-0.05, 0) is 67.8 Å². The molecule has 5 nitrogen and oxygen atoms in total. The van der Waals surface area contributed by atoms with Crippen molar-refractivity contribution < 1.29 is 19.0 Å². The highest BCUT2D eigenvalue weighted by Crippen LogP contribution is 2.38. The molecule has 0 atom stereocenters. The Labute approximate surface area is 154 Å². The van der Waals surface area contributed by atoms with Crippen LogP contribution in [-0.4, -0.2) is 37.7 Å². The molecule has 138 valence electrons. The summed E-state index contributed by atoms with van der Waals surface area (Å²) in [6, 6.07) is 11.2. The van der Waals surface area contributed by atoms with Gasteiger partial charge in [0.1, 0.15) is 5.75 Å². The zero-order chi connectivity index (χ0) is 18.9. The molecule has 1 aliphatic rings. The summed E-state index contributed by atoms with van der Waals surface area (Å²) in [4.78, 5) is 15.1. The van der Waals surface area contributed by atoms with Crippen molar-refractivity contribution in [3.05, 3.63) is 53.1 Å². The lowest BCUT2D eigenvalue weighted by molar-refractivity contribution is 0.0488. The Morgan fingerprint density at radius 2 is 1.50 bits per heavy atom. The van der Waals surface area contributed by atoms with Crippen LogP contribution >= 0.6 is 0 Å². The fraction of sp³-hybridized carbons (Fsp3) is 0.381. The summed E-state index contributed by atoms with van der Waals surface area (Å²) in [6.07, 6.45) is 0.755. The smallest absolute Gasteiger partial charge is 0.254 e. The minimum atomic E-state index is -0.302. The first-order valence-corrected chi connectivity index (χ1v) is 8.59.